The molecule has 2 aromatic rings. The van der Waals surface area contributed by atoms with Gasteiger partial charge in [-0.1, -0.05) is 0 Å². The molecule has 1 aromatic heterocycles. The summed E-state index contributed by atoms with van der Waals surface area (Å²) < 4.78 is 14.2. The second kappa shape index (κ2) is 5.64. The summed E-state index contributed by atoms with van der Waals surface area (Å²) in [6, 6.07) is 5.49. The fraction of sp³-hybridized carbons (Fsp3) is 0.214. The van der Waals surface area contributed by atoms with Gasteiger partial charge in [-0.15, -0.1) is 0 Å². The van der Waals surface area contributed by atoms with Gasteiger partial charge in [-0.05, 0) is 38.1 Å². The molecule has 0 saturated heterocycles. The van der Waals surface area contributed by atoms with Crippen LogP contribution in [0.3, 0.4) is 0 Å². The minimum Gasteiger partial charge on any atom is -0.324 e. The zero-order valence-electron chi connectivity index (χ0n) is 11.2. The van der Waals surface area contributed by atoms with Gasteiger partial charge >= 0.3 is 0 Å². The highest BCUT2D eigenvalue weighted by atomic mass is 19.1. The van der Waals surface area contributed by atoms with Crippen LogP contribution in [0.4, 0.5) is 10.1 Å². The predicted molar refractivity (Wildman–Crippen MR) is 72.1 cm³/mol. The maximum atomic E-state index is 12.8. The van der Waals surface area contributed by atoms with Crippen LogP contribution in [0.2, 0.25) is 0 Å². The molecule has 1 heterocycles. The molecule has 1 amide bonds. The Morgan fingerprint density at radius 2 is 2.00 bits per heavy atom. The van der Waals surface area contributed by atoms with Crippen molar-refractivity contribution in [3.05, 3.63) is 47.0 Å². The molecule has 1 aromatic carbocycles. The van der Waals surface area contributed by atoms with E-state index in [-0.39, 0.29) is 18.3 Å². The van der Waals surface area contributed by atoms with Crippen LogP contribution in [0.25, 0.3) is 0 Å². The van der Waals surface area contributed by atoms with E-state index < -0.39 is 0 Å². The molecule has 0 atom stereocenters. The average molecular weight is 275 g/mol. The molecule has 6 heteroatoms. The molecule has 0 aliphatic heterocycles. The molecule has 0 spiro atoms. The maximum absolute atomic E-state index is 12.8. The van der Waals surface area contributed by atoms with Crippen molar-refractivity contribution in [2.75, 3.05) is 5.32 Å². The largest absolute Gasteiger partial charge is 0.324 e. The first-order valence-electron chi connectivity index (χ1n) is 6.06. The Bertz CT molecular complexity index is 647. The van der Waals surface area contributed by atoms with Crippen molar-refractivity contribution < 1.29 is 14.0 Å². The van der Waals surface area contributed by atoms with Gasteiger partial charge < -0.3 is 5.32 Å². The molecular weight excluding hydrogens is 261 g/mol. The molecule has 0 saturated carbocycles. The van der Waals surface area contributed by atoms with Crippen LogP contribution in [0.15, 0.2) is 24.3 Å². The molecule has 0 aliphatic rings. The van der Waals surface area contributed by atoms with Gasteiger partial charge in [-0.3, -0.25) is 14.3 Å². The van der Waals surface area contributed by atoms with E-state index >= 15 is 0 Å². The number of anilines is 1. The number of amides is 1. The molecule has 0 radical (unpaired) electrons. The van der Waals surface area contributed by atoms with Gasteiger partial charge in [0.25, 0.3) is 0 Å². The number of aromatic nitrogens is 2. The van der Waals surface area contributed by atoms with Crippen molar-refractivity contribution >= 4 is 17.9 Å². The summed E-state index contributed by atoms with van der Waals surface area (Å²) in [6.45, 7) is 3.44. The van der Waals surface area contributed by atoms with Crippen LogP contribution in [-0.4, -0.2) is 22.0 Å². The Hall–Kier alpha value is -2.50. The van der Waals surface area contributed by atoms with Crippen molar-refractivity contribution in [1.82, 2.24) is 9.78 Å². The molecule has 0 fully saturated rings. The first-order valence-corrected chi connectivity index (χ1v) is 6.06. The Morgan fingerprint density at radius 1 is 1.35 bits per heavy atom. The summed E-state index contributed by atoms with van der Waals surface area (Å²) in [4.78, 5) is 22.8. The minimum absolute atomic E-state index is 0.00209. The van der Waals surface area contributed by atoms with Crippen molar-refractivity contribution in [1.29, 1.82) is 0 Å². The van der Waals surface area contributed by atoms with Crippen molar-refractivity contribution in [3.63, 3.8) is 0 Å². The quantitative estimate of drug-likeness (QED) is 0.869. The Balaban J connectivity index is 2.08. The topological polar surface area (TPSA) is 64.0 Å². The van der Waals surface area contributed by atoms with Gasteiger partial charge in [-0.2, -0.15) is 5.10 Å². The smallest absolute Gasteiger partial charge is 0.246 e. The maximum Gasteiger partial charge on any atom is 0.246 e. The number of aryl methyl sites for hydroxylation is 1. The number of aldehydes is 1. The summed E-state index contributed by atoms with van der Waals surface area (Å²) in [7, 11) is 0. The highest BCUT2D eigenvalue weighted by Crippen LogP contribution is 2.11. The lowest BCUT2D eigenvalue weighted by molar-refractivity contribution is -0.116. The molecule has 0 unspecified atom stereocenters. The number of hydrogen-bond donors (Lipinski definition) is 1. The van der Waals surface area contributed by atoms with Gasteiger partial charge in [0.1, 0.15) is 12.4 Å². The van der Waals surface area contributed by atoms with E-state index in [9.17, 15) is 14.0 Å². The Kier molecular flexibility index (Phi) is 3.93. The van der Waals surface area contributed by atoms with E-state index in [1.54, 1.807) is 13.8 Å². The number of halogens is 1. The van der Waals surface area contributed by atoms with E-state index in [4.69, 9.17) is 0 Å². The third-order valence-electron chi connectivity index (χ3n) is 2.98. The fourth-order valence-corrected chi connectivity index (χ4v) is 1.91. The molecule has 2 rings (SSSR count). The minimum atomic E-state index is -0.364. The number of benzene rings is 1. The monoisotopic (exact) mass is 275 g/mol. The lowest BCUT2D eigenvalue weighted by Gasteiger charge is -2.06. The van der Waals surface area contributed by atoms with Crippen molar-refractivity contribution in [2.45, 2.75) is 20.4 Å². The average Bonchev–Trinajstić information content (AvgIpc) is 2.67. The van der Waals surface area contributed by atoms with E-state index in [1.165, 1.54) is 28.9 Å². The summed E-state index contributed by atoms with van der Waals surface area (Å²) >= 11 is 0. The number of carbonyl (C=O) groups is 2. The molecule has 0 bridgehead atoms. The van der Waals surface area contributed by atoms with Crippen molar-refractivity contribution in [2.24, 2.45) is 0 Å². The van der Waals surface area contributed by atoms with Crippen LogP contribution < -0.4 is 5.32 Å². The number of nitrogens with zero attached hydrogens (tertiary/aromatic N) is 2. The van der Waals surface area contributed by atoms with Gasteiger partial charge in [0.05, 0.1) is 11.3 Å². The van der Waals surface area contributed by atoms with Crippen LogP contribution in [0.5, 0.6) is 0 Å². The standard InChI is InChI=1S/C14H14FN3O2/c1-9-13(8-19)10(2)18(17-9)7-14(20)16-12-5-3-11(15)4-6-12/h3-6,8H,7H2,1-2H3,(H,16,20). The number of rotatable bonds is 4. The first-order chi connectivity index (χ1) is 9.51. The van der Waals surface area contributed by atoms with E-state index in [0.717, 1.165) is 6.29 Å². The number of nitrogens with one attached hydrogen (secondary N) is 1. The van der Waals surface area contributed by atoms with E-state index in [2.05, 4.69) is 10.4 Å². The highest BCUT2D eigenvalue weighted by Gasteiger charge is 2.13. The Morgan fingerprint density at radius 3 is 2.55 bits per heavy atom. The zero-order chi connectivity index (χ0) is 14.7. The summed E-state index contributed by atoms with van der Waals surface area (Å²) in [5.41, 5.74) is 2.24. The zero-order valence-corrected chi connectivity index (χ0v) is 11.2. The SMILES string of the molecule is Cc1nn(CC(=O)Nc2ccc(F)cc2)c(C)c1C=O. The lowest BCUT2D eigenvalue weighted by Crippen LogP contribution is -2.20. The first kappa shape index (κ1) is 13.9. The van der Waals surface area contributed by atoms with Gasteiger partial charge in [0.2, 0.25) is 5.91 Å². The lowest BCUT2D eigenvalue weighted by atomic mass is 10.2. The molecule has 1 N–H and O–H groups in total. The third-order valence-corrected chi connectivity index (χ3v) is 2.98. The second-order valence-corrected chi connectivity index (χ2v) is 4.42. The number of carbonyl (C=O) groups excluding carboxylic acids is 2. The van der Waals surface area contributed by atoms with Crippen LogP contribution in [0.1, 0.15) is 21.7 Å². The number of hydrogen-bond acceptors (Lipinski definition) is 3. The van der Waals surface area contributed by atoms with Gasteiger partial charge in [0, 0.05) is 11.4 Å². The van der Waals surface area contributed by atoms with Gasteiger partial charge in [-0.25, -0.2) is 4.39 Å². The van der Waals surface area contributed by atoms with Crippen LogP contribution >= 0.6 is 0 Å². The fourth-order valence-electron chi connectivity index (χ4n) is 1.91. The van der Waals surface area contributed by atoms with E-state index in [1.807, 2.05) is 0 Å². The highest BCUT2D eigenvalue weighted by molar-refractivity contribution is 5.90. The van der Waals surface area contributed by atoms with E-state index in [0.29, 0.717) is 22.6 Å². The Labute approximate surface area is 115 Å². The summed E-state index contributed by atoms with van der Waals surface area (Å²) in [6.07, 6.45) is 0.728. The van der Waals surface area contributed by atoms with Crippen LogP contribution in [-0.2, 0) is 11.3 Å². The van der Waals surface area contributed by atoms with Crippen LogP contribution in [0, 0.1) is 19.7 Å². The molecule has 20 heavy (non-hydrogen) atoms. The second-order valence-electron chi connectivity index (χ2n) is 4.42. The van der Waals surface area contributed by atoms with Crippen molar-refractivity contribution in [3.8, 4) is 0 Å². The summed E-state index contributed by atoms with van der Waals surface area (Å²) in [5.74, 6) is -0.656. The molecule has 5 nitrogen and oxygen atoms in total. The van der Waals surface area contributed by atoms with Gasteiger partial charge in [0.15, 0.2) is 6.29 Å². The summed E-state index contributed by atoms with van der Waals surface area (Å²) in [5, 5.41) is 6.78. The third kappa shape index (κ3) is 2.90. The molecule has 0 aliphatic carbocycles. The normalized spacial score (nSPS) is 10.3. The molecular formula is C14H14FN3O2. The molecule has 104 valence electrons. The predicted octanol–water partition coefficient (Wildman–Crippen LogP) is 2.09.